The Balaban J connectivity index is 1.32. The number of hydrogen-bond acceptors (Lipinski definition) is 9. The Hall–Kier alpha value is -3.81. The molecule has 3 aromatic heterocycles. The number of likely N-dealkylation sites (N-methyl/N-ethyl adjacent to an activating group) is 1. The summed E-state index contributed by atoms with van der Waals surface area (Å²) < 4.78 is 10.5. The van der Waals surface area contributed by atoms with Gasteiger partial charge in [0.15, 0.2) is 11.2 Å². The van der Waals surface area contributed by atoms with Gasteiger partial charge in [-0.1, -0.05) is 12.1 Å². The highest BCUT2D eigenvalue weighted by molar-refractivity contribution is 5.78. The number of carbonyl (C=O) groups excluding carboxylic acids is 2. The van der Waals surface area contributed by atoms with E-state index in [1.807, 2.05) is 4.90 Å². The number of esters is 1. The van der Waals surface area contributed by atoms with Gasteiger partial charge in [0.1, 0.15) is 18.3 Å². The fourth-order valence-electron chi connectivity index (χ4n) is 4.23. The molecule has 0 aliphatic carbocycles. The molecule has 4 rings (SSSR count). The topological polar surface area (TPSA) is 142 Å². The summed E-state index contributed by atoms with van der Waals surface area (Å²) in [7, 11) is 2.88. The summed E-state index contributed by atoms with van der Waals surface area (Å²) in [5.41, 5.74) is -0.288. The van der Waals surface area contributed by atoms with E-state index in [-0.39, 0.29) is 23.7 Å². The number of fused-ring (bicyclic) bond motifs is 1. The summed E-state index contributed by atoms with van der Waals surface area (Å²) in [5.74, 6) is -0.514. The van der Waals surface area contributed by atoms with Crippen LogP contribution in [0.5, 0.6) is 0 Å². The number of imidazole rings is 1. The first-order valence-electron chi connectivity index (χ1n) is 11.9. The minimum atomic E-state index is -0.860. The fraction of sp³-hybridized carbons (Fsp3) is 0.591. The van der Waals surface area contributed by atoms with Gasteiger partial charge in [-0.3, -0.25) is 23.4 Å². The lowest BCUT2D eigenvalue weighted by Crippen LogP contribution is -2.48. The van der Waals surface area contributed by atoms with Crippen molar-refractivity contribution in [3.8, 4) is 0 Å². The molecule has 0 spiro atoms. The number of ether oxygens (including phenoxy) is 1. The molecule has 1 fully saturated rings. The Kier molecular flexibility index (Phi) is 7.33. The number of carbonyl (C=O) groups is 2. The average Bonchev–Trinajstić information content (AvgIpc) is 3.55. The minimum absolute atomic E-state index is 0.0826. The highest BCUT2D eigenvalue weighted by Gasteiger charge is 2.23. The van der Waals surface area contributed by atoms with Crippen LogP contribution in [0.4, 0.5) is 0 Å². The van der Waals surface area contributed by atoms with Crippen LogP contribution in [-0.2, 0) is 41.6 Å². The van der Waals surface area contributed by atoms with Crippen molar-refractivity contribution in [1.29, 1.82) is 0 Å². The maximum Gasteiger partial charge on any atom is 0.332 e. The van der Waals surface area contributed by atoms with E-state index in [9.17, 15) is 19.2 Å². The molecule has 1 aliphatic rings. The Labute approximate surface area is 206 Å². The molecule has 0 N–H and O–H groups in total. The molecule has 194 valence electrons. The quantitative estimate of drug-likeness (QED) is 0.351. The molecule has 1 atom stereocenters. The van der Waals surface area contributed by atoms with Crippen LogP contribution in [0.1, 0.15) is 32.0 Å². The van der Waals surface area contributed by atoms with Crippen LogP contribution in [0.15, 0.2) is 22.1 Å². The zero-order chi connectivity index (χ0) is 26.0. The largest absolute Gasteiger partial charge is 0.458 e. The van der Waals surface area contributed by atoms with Gasteiger partial charge in [0.2, 0.25) is 5.91 Å². The maximum atomic E-state index is 12.7. The van der Waals surface area contributed by atoms with Crippen LogP contribution < -0.4 is 11.2 Å². The monoisotopic (exact) mass is 501 g/mol. The molecule has 1 unspecified atom stereocenters. The van der Waals surface area contributed by atoms with Crippen molar-refractivity contribution in [2.24, 2.45) is 14.1 Å². The van der Waals surface area contributed by atoms with E-state index >= 15 is 0 Å². The van der Waals surface area contributed by atoms with Gasteiger partial charge in [-0.2, -0.15) is 0 Å². The van der Waals surface area contributed by atoms with Crippen LogP contribution in [0.25, 0.3) is 11.2 Å². The molecule has 36 heavy (non-hydrogen) atoms. The first kappa shape index (κ1) is 25.3. The zero-order valence-electron chi connectivity index (χ0n) is 21.0. The van der Waals surface area contributed by atoms with Gasteiger partial charge in [0.25, 0.3) is 5.56 Å². The molecular weight excluding hydrogens is 470 g/mol. The molecular formula is C22H31N9O5. The van der Waals surface area contributed by atoms with E-state index in [2.05, 4.69) is 27.1 Å². The first-order valence-corrected chi connectivity index (χ1v) is 11.9. The van der Waals surface area contributed by atoms with E-state index in [1.165, 1.54) is 29.6 Å². The zero-order valence-corrected chi connectivity index (χ0v) is 21.0. The van der Waals surface area contributed by atoms with Crippen LogP contribution in [0.2, 0.25) is 0 Å². The lowest BCUT2D eigenvalue weighted by Gasteiger charge is -2.34. The standard InChI is InChI=1S/C22H31N9O5/c1-5-28-8-10-29(11-9-28)17(32)6-7-30-12-16(24-25-30)13-36-21(34)15(2)31-14-23-19-18(31)20(33)27(4)22(35)26(19)3/h12,14-15H,5-11,13H2,1-4H3. The highest BCUT2D eigenvalue weighted by Crippen LogP contribution is 2.15. The SMILES string of the molecule is CCN1CCN(C(=O)CCn2cc(COC(=O)C(C)n3cnc4c3c(=O)n(C)c(=O)n4C)nn2)CC1. The van der Waals surface area contributed by atoms with E-state index in [0.29, 0.717) is 18.7 Å². The second-order valence-electron chi connectivity index (χ2n) is 8.85. The van der Waals surface area contributed by atoms with E-state index in [0.717, 1.165) is 37.3 Å². The van der Waals surface area contributed by atoms with Crippen LogP contribution in [0.3, 0.4) is 0 Å². The second-order valence-corrected chi connectivity index (χ2v) is 8.85. The van der Waals surface area contributed by atoms with Crippen molar-refractivity contribution in [2.45, 2.75) is 39.5 Å². The molecule has 1 amide bonds. The second kappa shape index (κ2) is 10.4. The number of nitrogens with zero attached hydrogens (tertiary/aromatic N) is 9. The van der Waals surface area contributed by atoms with Gasteiger partial charge in [-0.25, -0.2) is 14.6 Å². The third-order valence-corrected chi connectivity index (χ3v) is 6.61. The number of amides is 1. The molecule has 1 aliphatic heterocycles. The number of aryl methyl sites for hydroxylation is 2. The molecule has 14 heteroatoms. The lowest BCUT2D eigenvalue weighted by atomic mass is 10.2. The smallest absolute Gasteiger partial charge is 0.332 e. The summed E-state index contributed by atoms with van der Waals surface area (Å²) in [6.45, 7) is 8.21. The molecule has 0 aromatic carbocycles. The summed E-state index contributed by atoms with van der Waals surface area (Å²) in [6, 6.07) is -0.860. The van der Waals surface area contributed by atoms with Crippen LogP contribution in [-0.4, -0.2) is 88.1 Å². The van der Waals surface area contributed by atoms with Gasteiger partial charge in [0.05, 0.1) is 19.1 Å². The van der Waals surface area contributed by atoms with Gasteiger partial charge in [-0.15, -0.1) is 5.10 Å². The number of hydrogen-bond donors (Lipinski definition) is 0. The summed E-state index contributed by atoms with van der Waals surface area (Å²) in [4.78, 5) is 58.2. The lowest BCUT2D eigenvalue weighted by molar-refractivity contribution is -0.148. The molecule has 14 nitrogen and oxygen atoms in total. The van der Waals surface area contributed by atoms with Crippen molar-refractivity contribution < 1.29 is 14.3 Å². The summed E-state index contributed by atoms with van der Waals surface area (Å²) in [6.07, 6.45) is 3.29. The Morgan fingerprint density at radius 1 is 1.11 bits per heavy atom. The van der Waals surface area contributed by atoms with E-state index in [1.54, 1.807) is 17.8 Å². The molecule has 3 aromatic rings. The minimum Gasteiger partial charge on any atom is -0.458 e. The predicted octanol–water partition coefficient (Wildman–Crippen LogP) is -1.12. The van der Waals surface area contributed by atoms with Gasteiger partial charge >= 0.3 is 11.7 Å². The molecule has 0 saturated carbocycles. The number of rotatable bonds is 8. The van der Waals surface area contributed by atoms with E-state index in [4.69, 9.17) is 4.74 Å². The van der Waals surface area contributed by atoms with Gasteiger partial charge in [-0.05, 0) is 13.5 Å². The van der Waals surface area contributed by atoms with E-state index < -0.39 is 23.3 Å². The summed E-state index contributed by atoms with van der Waals surface area (Å²) >= 11 is 0. The van der Waals surface area contributed by atoms with Crippen LogP contribution >= 0.6 is 0 Å². The van der Waals surface area contributed by atoms with Crippen molar-refractivity contribution in [2.75, 3.05) is 32.7 Å². The molecule has 4 heterocycles. The number of aromatic nitrogens is 7. The first-order chi connectivity index (χ1) is 17.2. The third kappa shape index (κ3) is 4.94. The summed E-state index contributed by atoms with van der Waals surface area (Å²) in [5, 5.41) is 8.03. The Morgan fingerprint density at radius 3 is 2.53 bits per heavy atom. The van der Waals surface area contributed by atoms with Crippen LogP contribution in [0, 0.1) is 0 Å². The highest BCUT2D eigenvalue weighted by atomic mass is 16.5. The Morgan fingerprint density at radius 2 is 1.83 bits per heavy atom. The molecule has 0 bridgehead atoms. The third-order valence-electron chi connectivity index (χ3n) is 6.61. The molecule has 0 radical (unpaired) electrons. The Bertz CT molecular complexity index is 1380. The maximum absolute atomic E-state index is 12.7. The normalized spacial score (nSPS) is 15.4. The van der Waals surface area contributed by atoms with Crippen molar-refractivity contribution >= 4 is 23.0 Å². The van der Waals surface area contributed by atoms with Gasteiger partial charge in [0, 0.05) is 46.7 Å². The fourth-order valence-corrected chi connectivity index (χ4v) is 4.23. The van der Waals surface area contributed by atoms with Crippen molar-refractivity contribution in [3.63, 3.8) is 0 Å². The van der Waals surface area contributed by atoms with Crippen molar-refractivity contribution in [3.05, 3.63) is 39.1 Å². The average molecular weight is 502 g/mol. The molecule has 1 saturated heterocycles. The predicted molar refractivity (Wildman–Crippen MR) is 128 cm³/mol. The van der Waals surface area contributed by atoms with Crippen molar-refractivity contribution in [1.82, 2.24) is 43.5 Å². The number of piperazine rings is 1. The van der Waals surface area contributed by atoms with Gasteiger partial charge < -0.3 is 19.1 Å².